The van der Waals surface area contributed by atoms with E-state index >= 15 is 0 Å². The average molecular weight is 258 g/mol. The van der Waals surface area contributed by atoms with Gasteiger partial charge in [0.2, 0.25) is 0 Å². The SMILES string of the molecule is N#Cc1cccc(C(=O)Oc2ccccc2Cl)c1. The molecule has 4 heteroatoms. The molecule has 2 aromatic carbocycles. The van der Waals surface area contributed by atoms with Gasteiger partial charge in [0.25, 0.3) is 0 Å². The molecule has 2 aromatic rings. The average Bonchev–Trinajstić information content (AvgIpc) is 2.41. The summed E-state index contributed by atoms with van der Waals surface area (Å²) in [5.74, 6) is -0.244. The minimum atomic E-state index is -0.541. The molecule has 18 heavy (non-hydrogen) atoms. The maximum Gasteiger partial charge on any atom is 0.343 e. The Morgan fingerprint density at radius 3 is 2.67 bits per heavy atom. The van der Waals surface area contributed by atoms with Crippen molar-refractivity contribution >= 4 is 17.6 Å². The standard InChI is InChI=1S/C14H8ClNO2/c15-12-6-1-2-7-13(12)18-14(17)11-5-3-4-10(8-11)9-16/h1-8H. The smallest absolute Gasteiger partial charge is 0.343 e. The second-order valence-corrected chi connectivity index (χ2v) is 3.92. The number of para-hydroxylation sites is 1. The molecular formula is C14H8ClNO2. The highest BCUT2D eigenvalue weighted by Gasteiger charge is 2.10. The molecule has 0 N–H and O–H groups in total. The molecule has 0 aliphatic rings. The van der Waals surface area contributed by atoms with Crippen LogP contribution in [-0.2, 0) is 0 Å². The minimum absolute atomic E-state index is 0.298. The fourth-order valence-corrected chi connectivity index (χ4v) is 1.58. The van der Waals surface area contributed by atoms with E-state index in [1.807, 2.05) is 6.07 Å². The Balaban J connectivity index is 2.23. The maximum atomic E-state index is 11.8. The predicted octanol–water partition coefficient (Wildman–Crippen LogP) is 3.43. The molecule has 0 bridgehead atoms. The molecule has 0 spiro atoms. The van der Waals surface area contributed by atoms with E-state index in [9.17, 15) is 4.79 Å². The van der Waals surface area contributed by atoms with E-state index in [0.29, 0.717) is 21.9 Å². The van der Waals surface area contributed by atoms with Gasteiger partial charge >= 0.3 is 5.97 Å². The van der Waals surface area contributed by atoms with Crippen LogP contribution >= 0.6 is 11.6 Å². The third kappa shape index (κ3) is 2.68. The molecule has 0 saturated heterocycles. The zero-order valence-corrected chi connectivity index (χ0v) is 10.0. The van der Waals surface area contributed by atoms with Crippen LogP contribution in [0.5, 0.6) is 5.75 Å². The predicted molar refractivity (Wildman–Crippen MR) is 67.6 cm³/mol. The van der Waals surface area contributed by atoms with Crippen LogP contribution in [0.1, 0.15) is 15.9 Å². The Labute approximate surface area is 109 Å². The molecule has 0 aliphatic carbocycles. The van der Waals surface area contributed by atoms with Crippen LogP contribution in [0.2, 0.25) is 5.02 Å². The first-order chi connectivity index (χ1) is 8.70. The van der Waals surface area contributed by atoms with E-state index in [2.05, 4.69) is 0 Å². The maximum absolute atomic E-state index is 11.8. The number of benzene rings is 2. The lowest BCUT2D eigenvalue weighted by molar-refractivity contribution is 0.0735. The van der Waals surface area contributed by atoms with Gasteiger partial charge in [0.1, 0.15) is 5.75 Å². The number of nitrogens with zero attached hydrogens (tertiary/aromatic N) is 1. The molecule has 88 valence electrons. The monoisotopic (exact) mass is 257 g/mol. The van der Waals surface area contributed by atoms with Gasteiger partial charge in [-0.25, -0.2) is 4.79 Å². The lowest BCUT2D eigenvalue weighted by Crippen LogP contribution is -2.08. The summed E-state index contributed by atoms with van der Waals surface area (Å²) < 4.78 is 5.15. The molecule has 0 radical (unpaired) electrons. The number of hydrogen-bond acceptors (Lipinski definition) is 3. The number of nitriles is 1. The van der Waals surface area contributed by atoms with Gasteiger partial charge in [-0.2, -0.15) is 5.26 Å². The molecular weight excluding hydrogens is 250 g/mol. The number of hydrogen-bond donors (Lipinski definition) is 0. The minimum Gasteiger partial charge on any atom is -0.421 e. The van der Waals surface area contributed by atoms with Crippen molar-refractivity contribution in [2.24, 2.45) is 0 Å². The molecule has 0 amide bonds. The fourth-order valence-electron chi connectivity index (χ4n) is 1.40. The van der Waals surface area contributed by atoms with Crippen molar-refractivity contribution in [3.8, 4) is 11.8 Å². The van der Waals surface area contributed by atoms with Gasteiger partial charge in [-0.15, -0.1) is 0 Å². The molecule has 0 atom stereocenters. The van der Waals surface area contributed by atoms with Gasteiger partial charge in [-0.3, -0.25) is 0 Å². The van der Waals surface area contributed by atoms with Crippen molar-refractivity contribution < 1.29 is 9.53 Å². The second-order valence-electron chi connectivity index (χ2n) is 3.51. The fraction of sp³-hybridized carbons (Fsp3) is 0. The first kappa shape index (κ1) is 12.2. The lowest BCUT2D eigenvalue weighted by Gasteiger charge is -2.05. The van der Waals surface area contributed by atoms with Crippen molar-refractivity contribution in [2.45, 2.75) is 0 Å². The Kier molecular flexibility index (Phi) is 3.61. The summed E-state index contributed by atoms with van der Waals surface area (Å²) in [6.07, 6.45) is 0. The number of carbonyl (C=O) groups excluding carboxylic acids is 1. The third-order valence-corrected chi connectivity index (χ3v) is 2.58. The number of esters is 1. The third-order valence-electron chi connectivity index (χ3n) is 2.27. The van der Waals surface area contributed by atoms with E-state index in [-0.39, 0.29) is 0 Å². The molecule has 2 rings (SSSR count). The summed E-state index contributed by atoms with van der Waals surface area (Å²) in [6, 6.07) is 15.0. The van der Waals surface area contributed by atoms with Crippen LogP contribution in [0.25, 0.3) is 0 Å². The quantitative estimate of drug-likeness (QED) is 0.612. The van der Waals surface area contributed by atoms with Crippen LogP contribution in [0.4, 0.5) is 0 Å². The Bertz CT molecular complexity index is 632. The first-order valence-corrected chi connectivity index (χ1v) is 5.55. The zero-order valence-electron chi connectivity index (χ0n) is 9.26. The number of rotatable bonds is 2. The van der Waals surface area contributed by atoms with Crippen LogP contribution in [0.3, 0.4) is 0 Å². The van der Waals surface area contributed by atoms with Gasteiger partial charge in [0.15, 0.2) is 0 Å². The normalized spacial score (nSPS) is 9.56. The summed E-state index contributed by atoms with van der Waals surface area (Å²) in [7, 11) is 0. The van der Waals surface area contributed by atoms with Crippen molar-refractivity contribution in [1.82, 2.24) is 0 Å². The van der Waals surface area contributed by atoms with Crippen LogP contribution < -0.4 is 4.74 Å². The highest BCUT2D eigenvalue weighted by Crippen LogP contribution is 2.24. The van der Waals surface area contributed by atoms with Crippen molar-refractivity contribution in [3.05, 3.63) is 64.7 Å². The highest BCUT2D eigenvalue weighted by molar-refractivity contribution is 6.32. The Morgan fingerprint density at radius 1 is 1.17 bits per heavy atom. The zero-order chi connectivity index (χ0) is 13.0. The van der Waals surface area contributed by atoms with Crippen molar-refractivity contribution in [3.63, 3.8) is 0 Å². The van der Waals surface area contributed by atoms with Gasteiger partial charge in [-0.1, -0.05) is 29.8 Å². The summed E-state index contributed by atoms with van der Waals surface area (Å²) >= 11 is 5.88. The molecule has 0 aromatic heterocycles. The van der Waals surface area contributed by atoms with E-state index < -0.39 is 5.97 Å². The van der Waals surface area contributed by atoms with Crippen LogP contribution in [0, 0.1) is 11.3 Å². The van der Waals surface area contributed by atoms with Gasteiger partial charge < -0.3 is 4.74 Å². The van der Waals surface area contributed by atoms with Crippen LogP contribution in [0.15, 0.2) is 48.5 Å². The Hall–Kier alpha value is -2.31. The van der Waals surface area contributed by atoms with Gasteiger partial charge in [-0.05, 0) is 30.3 Å². The molecule has 3 nitrogen and oxygen atoms in total. The number of halogens is 1. The van der Waals surface area contributed by atoms with Crippen molar-refractivity contribution in [1.29, 1.82) is 5.26 Å². The number of carbonyl (C=O) groups is 1. The summed E-state index contributed by atoms with van der Waals surface area (Å²) in [5.41, 5.74) is 0.720. The first-order valence-electron chi connectivity index (χ1n) is 5.17. The summed E-state index contributed by atoms with van der Waals surface area (Å²) in [4.78, 5) is 11.8. The van der Waals surface area contributed by atoms with Crippen molar-refractivity contribution in [2.75, 3.05) is 0 Å². The number of ether oxygens (including phenoxy) is 1. The summed E-state index contributed by atoms with van der Waals surface area (Å²) in [6.45, 7) is 0. The second kappa shape index (κ2) is 5.35. The van der Waals surface area contributed by atoms with E-state index in [4.69, 9.17) is 21.6 Å². The van der Waals surface area contributed by atoms with Crippen LogP contribution in [-0.4, -0.2) is 5.97 Å². The van der Waals surface area contributed by atoms with E-state index in [0.717, 1.165) is 0 Å². The highest BCUT2D eigenvalue weighted by atomic mass is 35.5. The van der Waals surface area contributed by atoms with Gasteiger partial charge in [0, 0.05) is 0 Å². The van der Waals surface area contributed by atoms with E-state index in [1.165, 1.54) is 6.07 Å². The van der Waals surface area contributed by atoms with E-state index in [1.54, 1.807) is 42.5 Å². The Morgan fingerprint density at radius 2 is 1.94 bits per heavy atom. The largest absolute Gasteiger partial charge is 0.421 e. The topological polar surface area (TPSA) is 50.1 Å². The summed E-state index contributed by atoms with van der Waals surface area (Å²) in [5, 5.41) is 9.12. The lowest BCUT2D eigenvalue weighted by atomic mass is 10.1. The van der Waals surface area contributed by atoms with Gasteiger partial charge in [0.05, 0.1) is 22.2 Å². The molecule has 0 heterocycles. The molecule has 0 fully saturated rings. The molecule has 0 saturated carbocycles. The molecule has 0 aliphatic heterocycles. The molecule has 0 unspecified atom stereocenters.